The maximum Gasteiger partial charge on any atom is 0.191 e. The topological polar surface area (TPSA) is 36.4 Å². The maximum absolute atomic E-state index is 13.5. The summed E-state index contributed by atoms with van der Waals surface area (Å²) in [6.45, 7) is 1.13. The van der Waals surface area contributed by atoms with E-state index in [2.05, 4.69) is 15.6 Å². The highest BCUT2D eigenvalue weighted by Gasteiger charge is 2.02. The minimum atomic E-state index is -0.216. The molecule has 6 heteroatoms. The van der Waals surface area contributed by atoms with Gasteiger partial charge in [-0.2, -0.15) is 0 Å². The number of guanidine groups is 1. The molecular formula is C17H20ClFIN3. The Kier molecular flexibility index (Phi) is 8.94. The van der Waals surface area contributed by atoms with E-state index in [0.29, 0.717) is 18.1 Å². The lowest BCUT2D eigenvalue weighted by atomic mass is 10.1. The standard InChI is InChI=1S/C17H19ClFN3.HI/c1-20-17(22-12-14-4-2-3-5-16(14)19)21-11-10-13-6-8-15(18)9-7-13;/h2-9H,10-12H2,1H3,(H2,20,21,22);1H. The monoisotopic (exact) mass is 447 g/mol. The minimum Gasteiger partial charge on any atom is -0.356 e. The summed E-state index contributed by atoms with van der Waals surface area (Å²) in [6, 6.07) is 14.5. The lowest BCUT2D eigenvalue weighted by Gasteiger charge is -2.12. The van der Waals surface area contributed by atoms with Gasteiger partial charge in [-0.15, -0.1) is 24.0 Å². The number of benzene rings is 2. The fourth-order valence-corrected chi connectivity index (χ4v) is 2.14. The van der Waals surface area contributed by atoms with Crippen LogP contribution in [0.2, 0.25) is 5.02 Å². The molecule has 0 aromatic heterocycles. The molecule has 0 aliphatic rings. The first kappa shape index (κ1) is 19.7. The molecule has 2 N–H and O–H groups in total. The van der Waals surface area contributed by atoms with E-state index in [9.17, 15) is 4.39 Å². The van der Waals surface area contributed by atoms with E-state index in [1.807, 2.05) is 30.3 Å². The number of hydrogen-bond donors (Lipinski definition) is 2. The smallest absolute Gasteiger partial charge is 0.191 e. The molecule has 0 spiro atoms. The van der Waals surface area contributed by atoms with Crippen LogP contribution in [0.4, 0.5) is 4.39 Å². The fourth-order valence-electron chi connectivity index (χ4n) is 2.02. The molecule has 0 radical (unpaired) electrons. The predicted octanol–water partition coefficient (Wildman–Crippen LogP) is 4.00. The van der Waals surface area contributed by atoms with Crippen molar-refractivity contribution in [2.45, 2.75) is 13.0 Å². The Morgan fingerprint density at radius 2 is 1.78 bits per heavy atom. The molecule has 0 unspecified atom stereocenters. The molecule has 0 saturated heterocycles. The molecule has 0 bridgehead atoms. The SMILES string of the molecule is CN=C(NCCc1ccc(Cl)cc1)NCc1ccccc1F.I. The van der Waals surface area contributed by atoms with E-state index < -0.39 is 0 Å². The van der Waals surface area contributed by atoms with E-state index in [1.165, 1.54) is 11.6 Å². The van der Waals surface area contributed by atoms with Crippen LogP contribution < -0.4 is 10.6 Å². The summed E-state index contributed by atoms with van der Waals surface area (Å²) in [6.07, 6.45) is 0.859. The molecule has 3 nitrogen and oxygen atoms in total. The summed E-state index contributed by atoms with van der Waals surface area (Å²) in [7, 11) is 1.69. The molecule has 2 aromatic rings. The third-order valence-electron chi connectivity index (χ3n) is 3.25. The Hall–Kier alpha value is -1.34. The highest BCUT2D eigenvalue weighted by molar-refractivity contribution is 14.0. The second kappa shape index (κ2) is 10.4. The van der Waals surface area contributed by atoms with Crippen molar-refractivity contribution >= 4 is 41.5 Å². The maximum atomic E-state index is 13.5. The molecule has 23 heavy (non-hydrogen) atoms. The van der Waals surface area contributed by atoms with Gasteiger partial charge in [-0.25, -0.2) is 4.39 Å². The molecule has 0 heterocycles. The summed E-state index contributed by atoms with van der Waals surface area (Å²) in [5, 5.41) is 7.04. The minimum absolute atomic E-state index is 0. The Balaban J connectivity index is 0.00000264. The zero-order chi connectivity index (χ0) is 15.8. The average Bonchev–Trinajstić information content (AvgIpc) is 2.54. The molecule has 0 saturated carbocycles. The Labute approximate surface area is 158 Å². The van der Waals surface area contributed by atoms with Crippen LogP contribution in [0, 0.1) is 5.82 Å². The summed E-state index contributed by atoms with van der Waals surface area (Å²) in [4.78, 5) is 4.13. The van der Waals surface area contributed by atoms with E-state index in [0.717, 1.165) is 18.0 Å². The first-order valence-corrected chi connectivity index (χ1v) is 7.49. The number of aliphatic imine (C=N–C) groups is 1. The summed E-state index contributed by atoms with van der Waals surface area (Å²) in [5.74, 6) is 0.434. The molecule has 0 aliphatic heterocycles. The van der Waals surface area contributed by atoms with Crippen molar-refractivity contribution in [2.24, 2.45) is 4.99 Å². The molecule has 2 rings (SSSR count). The third kappa shape index (κ3) is 6.74. The van der Waals surface area contributed by atoms with Gasteiger partial charge in [-0.3, -0.25) is 4.99 Å². The van der Waals surface area contributed by atoms with Gasteiger partial charge < -0.3 is 10.6 Å². The second-order valence-corrected chi connectivity index (χ2v) is 5.26. The van der Waals surface area contributed by atoms with Crippen molar-refractivity contribution in [1.29, 1.82) is 0 Å². The van der Waals surface area contributed by atoms with Crippen molar-refractivity contribution in [3.8, 4) is 0 Å². The van der Waals surface area contributed by atoms with Crippen molar-refractivity contribution in [3.05, 3.63) is 70.5 Å². The highest BCUT2D eigenvalue weighted by atomic mass is 127. The molecule has 0 atom stereocenters. The van der Waals surface area contributed by atoms with Crippen LogP contribution in [0.3, 0.4) is 0 Å². The molecule has 2 aromatic carbocycles. The van der Waals surface area contributed by atoms with Crippen molar-refractivity contribution in [3.63, 3.8) is 0 Å². The normalized spacial score (nSPS) is 10.8. The zero-order valence-corrected chi connectivity index (χ0v) is 15.9. The Morgan fingerprint density at radius 3 is 2.43 bits per heavy atom. The highest BCUT2D eigenvalue weighted by Crippen LogP contribution is 2.09. The number of halogens is 3. The lowest BCUT2D eigenvalue weighted by Crippen LogP contribution is -2.38. The van der Waals surface area contributed by atoms with Crippen LogP contribution in [-0.2, 0) is 13.0 Å². The van der Waals surface area contributed by atoms with Crippen LogP contribution in [-0.4, -0.2) is 19.6 Å². The van der Waals surface area contributed by atoms with Crippen LogP contribution >= 0.6 is 35.6 Å². The Morgan fingerprint density at radius 1 is 1.09 bits per heavy atom. The summed E-state index contributed by atoms with van der Waals surface area (Å²) in [5.41, 5.74) is 1.81. The molecule has 124 valence electrons. The molecule has 0 aliphatic carbocycles. The largest absolute Gasteiger partial charge is 0.356 e. The van der Waals surface area contributed by atoms with Crippen molar-refractivity contribution < 1.29 is 4.39 Å². The predicted molar refractivity (Wildman–Crippen MR) is 105 cm³/mol. The first-order valence-electron chi connectivity index (χ1n) is 7.11. The van der Waals surface area contributed by atoms with Crippen LogP contribution in [0.1, 0.15) is 11.1 Å². The quantitative estimate of drug-likeness (QED) is 0.413. The van der Waals surface area contributed by atoms with Gasteiger partial charge in [0.1, 0.15) is 5.82 Å². The summed E-state index contributed by atoms with van der Waals surface area (Å²) >= 11 is 5.86. The van der Waals surface area contributed by atoms with Crippen LogP contribution in [0.5, 0.6) is 0 Å². The van der Waals surface area contributed by atoms with Gasteiger partial charge in [-0.1, -0.05) is 41.9 Å². The average molecular weight is 448 g/mol. The van der Waals surface area contributed by atoms with Gasteiger partial charge >= 0.3 is 0 Å². The molecule has 0 amide bonds. The van der Waals surface area contributed by atoms with Gasteiger partial charge in [0.2, 0.25) is 0 Å². The third-order valence-corrected chi connectivity index (χ3v) is 3.50. The van der Waals surface area contributed by atoms with Gasteiger partial charge in [0, 0.05) is 30.7 Å². The second-order valence-electron chi connectivity index (χ2n) is 4.82. The molecule has 0 fully saturated rings. The Bertz CT molecular complexity index is 632. The number of rotatable bonds is 5. The molecular weight excluding hydrogens is 428 g/mol. The van der Waals surface area contributed by atoms with E-state index in [-0.39, 0.29) is 29.8 Å². The van der Waals surface area contributed by atoms with Crippen molar-refractivity contribution in [2.75, 3.05) is 13.6 Å². The van der Waals surface area contributed by atoms with Gasteiger partial charge in [0.15, 0.2) is 5.96 Å². The van der Waals surface area contributed by atoms with E-state index in [1.54, 1.807) is 19.2 Å². The van der Waals surface area contributed by atoms with Gasteiger partial charge in [0.05, 0.1) is 0 Å². The van der Waals surface area contributed by atoms with Crippen molar-refractivity contribution in [1.82, 2.24) is 10.6 Å². The summed E-state index contributed by atoms with van der Waals surface area (Å²) < 4.78 is 13.5. The van der Waals surface area contributed by atoms with Gasteiger partial charge in [-0.05, 0) is 30.2 Å². The number of hydrogen-bond acceptors (Lipinski definition) is 1. The number of nitrogens with zero attached hydrogens (tertiary/aromatic N) is 1. The first-order chi connectivity index (χ1) is 10.7. The van der Waals surface area contributed by atoms with E-state index >= 15 is 0 Å². The lowest BCUT2D eigenvalue weighted by molar-refractivity contribution is 0.604. The zero-order valence-electron chi connectivity index (χ0n) is 12.9. The number of nitrogens with one attached hydrogen (secondary N) is 2. The van der Waals surface area contributed by atoms with Crippen LogP contribution in [0.15, 0.2) is 53.5 Å². The van der Waals surface area contributed by atoms with Crippen LogP contribution in [0.25, 0.3) is 0 Å². The van der Waals surface area contributed by atoms with E-state index in [4.69, 9.17) is 11.6 Å². The van der Waals surface area contributed by atoms with Gasteiger partial charge in [0.25, 0.3) is 0 Å². The fraction of sp³-hybridized carbons (Fsp3) is 0.235.